The van der Waals surface area contributed by atoms with Gasteiger partial charge in [0.2, 0.25) is 0 Å². The summed E-state index contributed by atoms with van der Waals surface area (Å²) in [5, 5.41) is 3.38. The van der Waals surface area contributed by atoms with Crippen molar-refractivity contribution in [3.8, 4) is 0 Å². The van der Waals surface area contributed by atoms with E-state index in [-0.39, 0.29) is 6.15 Å². The fraction of sp³-hybridized carbons (Fsp3) is 1.00. The van der Waals surface area contributed by atoms with Crippen LogP contribution >= 0.6 is 0 Å². The van der Waals surface area contributed by atoms with Gasteiger partial charge in [0.05, 0.1) is 0 Å². The summed E-state index contributed by atoms with van der Waals surface area (Å²) in [7, 11) is 0. The molecule has 0 spiro atoms. The molecule has 0 aromatic heterocycles. The average molecular weight is 130 g/mol. The van der Waals surface area contributed by atoms with E-state index in [9.17, 15) is 0 Å². The first-order valence-corrected chi connectivity index (χ1v) is 3.41. The maximum Gasteiger partial charge on any atom is 0.000252 e. The lowest BCUT2D eigenvalue weighted by Crippen LogP contribution is -2.35. The molecule has 0 saturated carbocycles. The summed E-state index contributed by atoms with van der Waals surface area (Å²) in [6, 6.07) is 0. The molecule has 4 N–H and O–H groups in total. The second-order valence-corrected chi connectivity index (χ2v) is 3.44. The molecule has 1 heterocycles. The zero-order valence-corrected chi connectivity index (χ0v) is 6.54. The maximum absolute atomic E-state index is 3.38. The fourth-order valence-electron chi connectivity index (χ4n) is 1.21. The van der Waals surface area contributed by atoms with Crippen LogP contribution in [0.3, 0.4) is 0 Å². The molecule has 1 fully saturated rings. The molecular formula is C7H18N2. The zero-order valence-electron chi connectivity index (χ0n) is 6.54. The molecule has 0 amide bonds. The molecule has 56 valence electrons. The van der Waals surface area contributed by atoms with Gasteiger partial charge in [-0.3, -0.25) is 0 Å². The molecule has 0 bridgehead atoms. The number of piperidine rings is 1. The first-order valence-electron chi connectivity index (χ1n) is 3.41. The summed E-state index contributed by atoms with van der Waals surface area (Å²) < 4.78 is 0. The first-order chi connectivity index (χ1) is 3.71. The van der Waals surface area contributed by atoms with E-state index < -0.39 is 0 Å². The summed E-state index contributed by atoms with van der Waals surface area (Å²) in [5.74, 6) is 0. The van der Waals surface area contributed by atoms with Gasteiger partial charge in [-0.15, -0.1) is 0 Å². The van der Waals surface area contributed by atoms with Crippen LogP contribution in [0.2, 0.25) is 0 Å². The van der Waals surface area contributed by atoms with Gasteiger partial charge in [-0.1, -0.05) is 13.8 Å². The molecule has 1 saturated heterocycles. The SMILES string of the molecule is CC1(C)CCCNC1.N. The molecule has 0 unspecified atom stereocenters. The van der Waals surface area contributed by atoms with E-state index in [0.717, 1.165) is 0 Å². The molecule has 1 aliphatic heterocycles. The van der Waals surface area contributed by atoms with Crippen molar-refractivity contribution in [1.82, 2.24) is 11.5 Å². The Morgan fingerprint density at radius 3 is 2.22 bits per heavy atom. The molecule has 0 aromatic rings. The Kier molecular flexibility index (Phi) is 3.15. The first kappa shape index (κ1) is 8.92. The molecule has 0 aliphatic carbocycles. The van der Waals surface area contributed by atoms with Crippen molar-refractivity contribution < 1.29 is 0 Å². The van der Waals surface area contributed by atoms with Crippen LogP contribution in [0, 0.1) is 5.41 Å². The lowest BCUT2D eigenvalue weighted by molar-refractivity contribution is 0.265. The van der Waals surface area contributed by atoms with Crippen molar-refractivity contribution >= 4 is 0 Å². The van der Waals surface area contributed by atoms with E-state index in [1.165, 1.54) is 25.9 Å². The second-order valence-electron chi connectivity index (χ2n) is 3.44. The minimum Gasteiger partial charge on any atom is -0.344 e. The van der Waals surface area contributed by atoms with Gasteiger partial charge in [0, 0.05) is 6.54 Å². The molecule has 1 rings (SSSR count). The van der Waals surface area contributed by atoms with E-state index >= 15 is 0 Å². The van der Waals surface area contributed by atoms with Crippen molar-refractivity contribution in [3.05, 3.63) is 0 Å². The van der Waals surface area contributed by atoms with Gasteiger partial charge in [0.15, 0.2) is 0 Å². The molecule has 0 radical (unpaired) electrons. The molecule has 1 aliphatic rings. The van der Waals surface area contributed by atoms with Crippen LogP contribution in [0.1, 0.15) is 26.7 Å². The highest BCUT2D eigenvalue weighted by Crippen LogP contribution is 2.23. The van der Waals surface area contributed by atoms with Crippen molar-refractivity contribution in [3.63, 3.8) is 0 Å². The fourth-order valence-corrected chi connectivity index (χ4v) is 1.21. The number of rotatable bonds is 0. The molecule has 2 nitrogen and oxygen atoms in total. The third kappa shape index (κ3) is 2.82. The molecule has 9 heavy (non-hydrogen) atoms. The number of hydrogen-bond acceptors (Lipinski definition) is 2. The molecule has 2 heteroatoms. The van der Waals surface area contributed by atoms with Gasteiger partial charge in [-0.05, 0) is 24.8 Å². The van der Waals surface area contributed by atoms with Gasteiger partial charge < -0.3 is 11.5 Å². The van der Waals surface area contributed by atoms with Crippen LogP contribution < -0.4 is 11.5 Å². The van der Waals surface area contributed by atoms with Crippen LogP contribution in [-0.4, -0.2) is 13.1 Å². The lowest BCUT2D eigenvalue weighted by Gasteiger charge is -2.29. The van der Waals surface area contributed by atoms with Crippen molar-refractivity contribution in [1.29, 1.82) is 0 Å². The Labute approximate surface area is 57.6 Å². The van der Waals surface area contributed by atoms with E-state index in [1.54, 1.807) is 0 Å². The van der Waals surface area contributed by atoms with Crippen LogP contribution in [0.25, 0.3) is 0 Å². The highest BCUT2D eigenvalue weighted by atomic mass is 14.9. The maximum atomic E-state index is 3.38. The van der Waals surface area contributed by atoms with E-state index in [1.807, 2.05) is 0 Å². The Hall–Kier alpha value is -0.0800. The van der Waals surface area contributed by atoms with Crippen molar-refractivity contribution in [2.45, 2.75) is 26.7 Å². The summed E-state index contributed by atoms with van der Waals surface area (Å²) >= 11 is 0. The third-order valence-electron chi connectivity index (χ3n) is 1.81. The highest BCUT2D eigenvalue weighted by Gasteiger charge is 2.19. The minimum absolute atomic E-state index is 0. The Balaban J connectivity index is 0.000000640. The number of nitrogens with one attached hydrogen (secondary N) is 1. The summed E-state index contributed by atoms with van der Waals surface area (Å²) in [6.07, 6.45) is 2.74. The topological polar surface area (TPSA) is 47.0 Å². The minimum atomic E-state index is 0. The standard InChI is InChI=1S/C7H15N.H3N/c1-7(2)4-3-5-8-6-7;/h8H,3-6H2,1-2H3;1H3. The van der Waals surface area contributed by atoms with Crippen molar-refractivity contribution in [2.75, 3.05) is 13.1 Å². The smallest absolute Gasteiger partial charge is 0.000252 e. The van der Waals surface area contributed by atoms with Gasteiger partial charge in [0.25, 0.3) is 0 Å². The average Bonchev–Trinajstić information content (AvgIpc) is 1.65. The van der Waals surface area contributed by atoms with E-state index in [0.29, 0.717) is 5.41 Å². The van der Waals surface area contributed by atoms with Crippen LogP contribution in [0.4, 0.5) is 0 Å². The normalized spacial score (nSPS) is 24.7. The summed E-state index contributed by atoms with van der Waals surface area (Å²) in [5.41, 5.74) is 0.568. The molecular weight excluding hydrogens is 112 g/mol. The van der Waals surface area contributed by atoms with Gasteiger partial charge in [-0.25, -0.2) is 0 Å². The predicted molar refractivity (Wildman–Crippen MR) is 40.9 cm³/mol. The van der Waals surface area contributed by atoms with Gasteiger partial charge >= 0.3 is 0 Å². The zero-order chi connectivity index (χ0) is 6.04. The summed E-state index contributed by atoms with van der Waals surface area (Å²) in [4.78, 5) is 0. The van der Waals surface area contributed by atoms with Gasteiger partial charge in [-0.2, -0.15) is 0 Å². The molecule has 0 atom stereocenters. The Morgan fingerprint density at radius 1 is 1.33 bits per heavy atom. The monoisotopic (exact) mass is 130 g/mol. The quantitative estimate of drug-likeness (QED) is 0.522. The molecule has 0 aromatic carbocycles. The van der Waals surface area contributed by atoms with E-state index in [4.69, 9.17) is 0 Å². The van der Waals surface area contributed by atoms with E-state index in [2.05, 4.69) is 19.2 Å². The van der Waals surface area contributed by atoms with Crippen LogP contribution in [-0.2, 0) is 0 Å². The summed E-state index contributed by atoms with van der Waals surface area (Å²) in [6.45, 7) is 7.06. The van der Waals surface area contributed by atoms with Crippen LogP contribution in [0.15, 0.2) is 0 Å². The lowest BCUT2D eigenvalue weighted by atomic mass is 9.85. The highest BCUT2D eigenvalue weighted by molar-refractivity contribution is 4.75. The Morgan fingerprint density at radius 2 is 2.00 bits per heavy atom. The van der Waals surface area contributed by atoms with Crippen LogP contribution in [0.5, 0.6) is 0 Å². The third-order valence-corrected chi connectivity index (χ3v) is 1.81. The van der Waals surface area contributed by atoms with Crippen molar-refractivity contribution in [2.24, 2.45) is 5.41 Å². The predicted octanol–water partition coefficient (Wildman–Crippen LogP) is 1.56. The van der Waals surface area contributed by atoms with Gasteiger partial charge in [0.1, 0.15) is 0 Å². The number of hydrogen-bond donors (Lipinski definition) is 2. The second kappa shape index (κ2) is 3.18. The largest absolute Gasteiger partial charge is 0.344 e. The Bertz CT molecular complexity index is 71.0.